The normalized spacial score (nSPS) is 12.9. The van der Waals surface area contributed by atoms with Gasteiger partial charge in [-0.1, -0.05) is 121 Å². The fraction of sp³-hybridized carbons (Fsp3) is 0.0227. The Bertz CT molecular complexity index is 2300. The monoisotopic (exact) mass is 586 g/mol. The summed E-state index contributed by atoms with van der Waals surface area (Å²) in [5, 5.41) is 6.12. The van der Waals surface area contributed by atoms with E-state index in [1.54, 1.807) is 0 Å². The Hall–Kier alpha value is -5.99. The van der Waals surface area contributed by atoms with E-state index < -0.39 is 0 Å². The average Bonchev–Trinajstić information content (AvgIpc) is 3.47. The van der Waals surface area contributed by atoms with Crippen LogP contribution in [0.3, 0.4) is 0 Å². The van der Waals surface area contributed by atoms with Gasteiger partial charge in [0.2, 0.25) is 0 Å². The third-order valence-corrected chi connectivity index (χ3v) is 9.31. The van der Waals surface area contributed by atoms with Crippen LogP contribution >= 0.6 is 0 Å². The molecule has 46 heavy (non-hydrogen) atoms. The number of aromatic nitrogens is 1. The summed E-state index contributed by atoms with van der Waals surface area (Å²) in [6, 6.07) is 50.9. The average molecular weight is 587 g/mol. The van der Waals surface area contributed by atoms with E-state index >= 15 is 0 Å². The van der Waals surface area contributed by atoms with E-state index in [4.69, 9.17) is 0 Å². The lowest BCUT2D eigenvalue weighted by Crippen LogP contribution is -2.14. The van der Waals surface area contributed by atoms with Gasteiger partial charge in [-0.2, -0.15) is 0 Å². The molecule has 0 spiro atoms. The zero-order chi connectivity index (χ0) is 30.5. The van der Waals surface area contributed by atoms with E-state index in [0.717, 1.165) is 23.5 Å². The molecule has 1 aromatic heterocycles. The second kappa shape index (κ2) is 10.9. The topological polar surface area (TPSA) is 24.9 Å². The predicted molar refractivity (Wildman–Crippen MR) is 193 cm³/mol. The highest BCUT2D eigenvalue weighted by Crippen LogP contribution is 2.49. The van der Waals surface area contributed by atoms with Crippen LogP contribution in [0.1, 0.15) is 5.56 Å². The van der Waals surface area contributed by atoms with Gasteiger partial charge in [0.15, 0.2) is 0 Å². The quantitative estimate of drug-likeness (QED) is 0.217. The van der Waals surface area contributed by atoms with Crippen LogP contribution in [0.4, 0.5) is 0 Å². The third-order valence-electron chi connectivity index (χ3n) is 9.31. The molecule has 0 saturated heterocycles. The van der Waals surface area contributed by atoms with Crippen molar-refractivity contribution in [3.8, 4) is 66.9 Å². The summed E-state index contributed by atoms with van der Waals surface area (Å²) in [6.07, 6.45) is 8.23. The second-order valence-electron chi connectivity index (χ2n) is 12.0. The smallest absolute Gasteiger partial charge is 0.0701 e. The number of nitrogens with one attached hydrogen (secondary N) is 1. The van der Waals surface area contributed by atoms with Crippen molar-refractivity contribution < 1.29 is 0 Å². The third kappa shape index (κ3) is 4.46. The molecular weight excluding hydrogens is 556 g/mol. The molecule has 0 atom stereocenters. The molecule has 216 valence electrons. The van der Waals surface area contributed by atoms with Gasteiger partial charge in [-0.3, -0.25) is 4.98 Å². The summed E-state index contributed by atoms with van der Waals surface area (Å²) >= 11 is 0. The lowest BCUT2D eigenvalue weighted by Gasteiger charge is -2.15. The molecule has 1 aliphatic carbocycles. The van der Waals surface area contributed by atoms with Gasteiger partial charge in [-0.15, -0.1) is 0 Å². The van der Waals surface area contributed by atoms with Crippen molar-refractivity contribution in [3.05, 3.63) is 170 Å². The van der Waals surface area contributed by atoms with E-state index in [1.165, 1.54) is 72.0 Å². The van der Waals surface area contributed by atoms with Crippen LogP contribution in [0.25, 0.3) is 83.4 Å². The van der Waals surface area contributed by atoms with Crippen LogP contribution in [0.2, 0.25) is 0 Å². The summed E-state index contributed by atoms with van der Waals surface area (Å²) < 4.78 is 0. The molecule has 6 aromatic carbocycles. The summed E-state index contributed by atoms with van der Waals surface area (Å²) in [5.41, 5.74) is 17.0. The number of fused-ring (bicyclic) bond motifs is 3. The van der Waals surface area contributed by atoms with Crippen LogP contribution in [-0.2, 0) is 0 Å². The van der Waals surface area contributed by atoms with Crippen molar-refractivity contribution in [3.63, 3.8) is 0 Å². The Morgan fingerprint density at radius 2 is 1.07 bits per heavy atom. The van der Waals surface area contributed by atoms with Crippen molar-refractivity contribution in [2.75, 3.05) is 6.54 Å². The van der Waals surface area contributed by atoms with Gasteiger partial charge in [0, 0.05) is 24.0 Å². The van der Waals surface area contributed by atoms with Crippen molar-refractivity contribution >= 4 is 16.5 Å². The zero-order valence-corrected chi connectivity index (χ0v) is 25.2. The Labute approximate surface area is 269 Å². The minimum Gasteiger partial charge on any atom is -0.381 e. The molecule has 1 N–H and O–H groups in total. The molecular formula is C44H30N2. The van der Waals surface area contributed by atoms with Gasteiger partial charge in [0.25, 0.3) is 0 Å². The number of rotatable bonds is 5. The highest BCUT2D eigenvalue weighted by atomic mass is 14.9. The van der Waals surface area contributed by atoms with Crippen LogP contribution < -0.4 is 5.32 Å². The van der Waals surface area contributed by atoms with Gasteiger partial charge in [0.05, 0.1) is 5.69 Å². The zero-order valence-electron chi connectivity index (χ0n) is 25.2. The van der Waals surface area contributed by atoms with Crippen molar-refractivity contribution in [1.29, 1.82) is 0 Å². The Balaban J connectivity index is 1.20. The van der Waals surface area contributed by atoms with Crippen LogP contribution in [0.15, 0.2) is 164 Å². The maximum atomic E-state index is 4.55. The molecule has 7 aromatic rings. The lowest BCUT2D eigenvalue weighted by atomic mass is 9.89. The molecule has 0 amide bonds. The second-order valence-corrected chi connectivity index (χ2v) is 12.0. The van der Waals surface area contributed by atoms with Gasteiger partial charge in [0.1, 0.15) is 0 Å². The van der Waals surface area contributed by atoms with Gasteiger partial charge in [-0.25, -0.2) is 0 Å². The molecule has 9 rings (SSSR count). The number of hydrogen-bond donors (Lipinski definition) is 1. The van der Waals surface area contributed by atoms with Crippen LogP contribution in [0, 0.1) is 0 Å². The maximum absolute atomic E-state index is 4.55. The highest BCUT2D eigenvalue weighted by Gasteiger charge is 2.22. The highest BCUT2D eigenvalue weighted by molar-refractivity contribution is 6.18. The number of benzene rings is 6. The molecule has 0 saturated carbocycles. The van der Waals surface area contributed by atoms with Crippen molar-refractivity contribution in [1.82, 2.24) is 10.3 Å². The predicted octanol–water partition coefficient (Wildman–Crippen LogP) is 11.1. The lowest BCUT2D eigenvalue weighted by molar-refractivity contribution is 0.996. The Kier molecular flexibility index (Phi) is 6.24. The largest absolute Gasteiger partial charge is 0.381 e. The molecule has 2 aliphatic rings. The molecule has 2 nitrogen and oxygen atoms in total. The minimum absolute atomic E-state index is 0.859. The fourth-order valence-corrected chi connectivity index (χ4v) is 7.04. The number of pyridine rings is 1. The van der Waals surface area contributed by atoms with E-state index in [9.17, 15) is 0 Å². The van der Waals surface area contributed by atoms with E-state index in [1.807, 2.05) is 18.3 Å². The van der Waals surface area contributed by atoms with Crippen molar-refractivity contribution in [2.45, 2.75) is 0 Å². The summed E-state index contributed by atoms with van der Waals surface area (Å²) in [4.78, 5) is 4.55. The van der Waals surface area contributed by atoms with E-state index in [0.29, 0.717) is 0 Å². The molecule has 1 aliphatic heterocycles. The summed E-state index contributed by atoms with van der Waals surface area (Å²) in [6.45, 7) is 0.859. The number of hydrogen-bond acceptors (Lipinski definition) is 2. The fourth-order valence-electron chi connectivity index (χ4n) is 7.04. The van der Waals surface area contributed by atoms with Gasteiger partial charge in [-0.05, 0) is 108 Å². The first-order valence-electron chi connectivity index (χ1n) is 15.8. The van der Waals surface area contributed by atoms with Gasteiger partial charge >= 0.3 is 0 Å². The number of allylic oxidation sites excluding steroid dienone is 2. The first-order chi connectivity index (χ1) is 22.8. The van der Waals surface area contributed by atoms with Crippen LogP contribution in [0.5, 0.6) is 0 Å². The van der Waals surface area contributed by atoms with E-state index in [2.05, 4.69) is 156 Å². The van der Waals surface area contributed by atoms with E-state index in [-0.39, 0.29) is 0 Å². The maximum Gasteiger partial charge on any atom is 0.0701 e. The minimum atomic E-state index is 0.859. The standard InChI is InChI=1S/C44H30N2/c1-2-9-38-37(8-1)40-11-7-10-39-36(22-23-41(38)44(39)40)35-27-33(29-14-18-31(19-15-29)42-12-3-5-24-45-42)26-34(28-35)30-16-20-32(21-17-30)43-13-4-6-25-46-43/h1-24,26-28,46H,25H2. The Morgan fingerprint density at radius 3 is 1.74 bits per heavy atom. The molecule has 0 radical (unpaired) electrons. The van der Waals surface area contributed by atoms with Crippen molar-refractivity contribution in [2.24, 2.45) is 0 Å². The first kappa shape index (κ1) is 26.4. The van der Waals surface area contributed by atoms with Gasteiger partial charge < -0.3 is 5.32 Å². The Morgan fingerprint density at radius 1 is 0.457 bits per heavy atom. The molecule has 0 bridgehead atoms. The molecule has 0 unspecified atom stereocenters. The molecule has 2 heteroatoms. The summed E-state index contributed by atoms with van der Waals surface area (Å²) in [7, 11) is 0. The summed E-state index contributed by atoms with van der Waals surface area (Å²) in [5.74, 6) is 0. The first-order valence-corrected chi connectivity index (χ1v) is 15.8. The molecule has 0 fully saturated rings. The number of dihydropyridines is 1. The number of nitrogens with zero attached hydrogens (tertiary/aromatic N) is 1. The van der Waals surface area contributed by atoms with Crippen LogP contribution in [-0.4, -0.2) is 11.5 Å². The SMILES string of the molecule is C1=CCNC(c2ccc(-c3cc(-c4ccc(-c5ccccn5)cc4)cc(-c4ccc5c6c(cccc46)-c4ccccc4-5)c3)cc2)=C1. The molecule has 2 heterocycles.